The molecule has 0 aliphatic heterocycles. The molecular weight excluding hydrogens is 192 g/mol. The number of hydrogen-bond acceptors (Lipinski definition) is 0. The number of rotatable bonds is 2. The molecular formula is C16H18. The van der Waals surface area contributed by atoms with E-state index in [1.54, 1.807) is 0 Å². The van der Waals surface area contributed by atoms with Crippen LogP contribution in [0, 0.1) is 0 Å². The molecule has 0 saturated heterocycles. The van der Waals surface area contributed by atoms with Crippen molar-refractivity contribution < 1.29 is 0 Å². The first-order chi connectivity index (χ1) is 7.81. The van der Waals surface area contributed by atoms with Crippen molar-refractivity contribution in [1.29, 1.82) is 0 Å². The number of aryl methyl sites for hydroxylation is 1. The van der Waals surface area contributed by atoms with Crippen molar-refractivity contribution in [3.8, 4) is 0 Å². The summed E-state index contributed by atoms with van der Waals surface area (Å²) in [5, 5.41) is 0. The lowest BCUT2D eigenvalue weighted by atomic mass is 9.99. The molecule has 0 N–H and O–H groups in total. The zero-order valence-corrected chi connectivity index (χ0v) is 10.0. The SMILES string of the molecule is CCc1ccc(C2=C(C)C=CCC=C2)cc1. The molecule has 0 nitrogen and oxygen atoms in total. The standard InChI is InChI=1S/C16H18/c1-3-14-9-11-15(12-10-14)16-8-6-4-5-7-13(16)2/h5-12H,3-4H2,1-2H3. The molecule has 1 aliphatic carbocycles. The average Bonchev–Trinajstić information content (AvgIpc) is 2.54. The zero-order chi connectivity index (χ0) is 11.4. The Kier molecular flexibility index (Phi) is 3.40. The average molecular weight is 210 g/mol. The maximum atomic E-state index is 2.23. The van der Waals surface area contributed by atoms with E-state index in [2.05, 4.69) is 62.4 Å². The Labute approximate surface area is 98.0 Å². The molecule has 0 atom stereocenters. The third-order valence-electron chi connectivity index (χ3n) is 3.02. The van der Waals surface area contributed by atoms with Crippen molar-refractivity contribution in [2.45, 2.75) is 26.7 Å². The summed E-state index contributed by atoms with van der Waals surface area (Å²) in [6.45, 7) is 4.36. The van der Waals surface area contributed by atoms with E-state index in [-0.39, 0.29) is 0 Å². The van der Waals surface area contributed by atoms with Crippen LogP contribution in [-0.4, -0.2) is 0 Å². The summed E-state index contributed by atoms with van der Waals surface area (Å²) in [6.07, 6.45) is 11.0. The fourth-order valence-corrected chi connectivity index (χ4v) is 1.97. The smallest absolute Gasteiger partial charge is 0.0158 e. The Morgan fingerprint density at radius 3 is 2.38 bits per heavy atom. The second-order valence-electron chi connectivity index (χ2n) is 4.19. The van der Waals surface area contributed by atoms with Crippen molar-refractivity contribution in [2.24, 2.45) is 0 Å². The van der Waals surface area contributed by atoms with Gasteiger partial charge in [-0.2, -0.15) is 0 Å². The fourth-order valence-electron chi connectivity index (χ4n) is 1.97. The van der Waals surface area contributed by atoms with Gasteiger partial charge in [-0.3, -0.25) is 0 Å². The topological polar surface area (TPSA) is 0 Å². The van der Waals surface area contributed by atoms with E-state index in [1.165, 1.54) is 22.3 Å². The van der Waals surface area contributed by atoms with E-state index in [0.717, 1.165) is 12.8 Å². The van der Waals surface area contributed by atoms with Gasteiger partial charge in [-0.25, -0.2) is 0 Å². The molecule has 0 fully saturated rings. The van der Waals surface area contributed by atoms with Crippen LogP contribution in [0.15, 0.2) is 54.1 Å². The van der Waals surface area contributed by atoms with Gasteiger partial charge < -0.3 is 0 Å². The second kappa shape index (κ2) is 4.98. The Bertz CT molecular complexity index is 441. The second-order valence-corrected chi connectivity index (χ2v) is 4.19. The van der Waals surface area contributed by atoms with Crippen molar-refractivity contribution in [2.75, 3.05) is 0 Å². The van der Waals surface area contributed by atoms with Crippen LogP contribution in [0.4, 0.5) is 0 Å². The molecule has 82 valence electrons. The normalized spacial score (nSPS) is 15.4. The minimum absolute atomic E-state index is 1.04. The van der Waals surface area contributed by atoms with Gasteiger partial charge in [0.25, 0.3) is 0 Å². The van der Waals surface area contributed by atoms with E-state index in [0.29, 0.717) is 0 Å². The van der Waals surface area contributed by atoms with Gasteiger partial charge in [-0.15, -0.1) is 0 Å². The van der Waals surface area contributed by atoms with Crippen LogP contribution < -0.4 is 0 Å². The minimum atomic E-state index is 1.04. The molecule has 1 aromatic carbocycles. The molecule has 0 unspecified atom stereocenters. The Balaban J connectivity index is 2.39. The lowest BCUT2D eigenvalue weighted by Gasteiger charge is -2.06. The highest BCUT2D eigenvalue weighted by Crippen LogP contribution is 2.23. The number of hydrogen-bond donors (Lipinski definition) is 0. The molecule has 1 aliphatic rings. The lowest BCUT2D eigenvalue weighted by Crippen LogP contribution is -1.86. The Morgan fingerprint density at radius 1 is 1.00 bits per heavy atom. The highest BCUT2D eigenvalue weighted by molar-refractivity contribution is 5.78. The molecule has 0 spiro atoms. The first kappa shape index (κ1) is 10.9. The summed E-state index contributed by atoms with van der Waals surface area (Å²) in [6, 6.07) is 8.89. The maximum absolute atomic E-state index is 2.23. The largest absolute Gasteiger partial charge is 0.0805 e. The van der Waals surface area contributed by atoms with Gasteiger partial charge in [0.2, 0.25) is 0 Å². The summed E-state index contributed by atoms with van der Waals surface area (Å²) in [4.78, 5) is 0. The quantitative estimate of drug-likeness (QED) is 0.672. The van der Waals surface area contributed by atoms with Crippen molar-refractivity contribution >= 4 is 5.57 Å². The number of benzene rings is 1. The molecule has 0 heteroatoms. The predicted molar refractivity (Wildman–Crippen MR) is 71.3 cm³/mol. The van der Waals surface area contributed by atoms with E-state index >= 15 is 0 Å². The van der Waals surface area contributed by atoms with E-state index in [4.69, 9.17) is 0 Å². The van der Waals surface area contributed by atoms with E-state index in [1.807, 2.05) is 0 Å². The Morgan fingerprint density at radius 2 is 1.69 bits per heavy atom. The molecule has 0 radical (unpaired) electrons. The highest BCUT2D eigenvalue weighted by atomic mass is 14.1. The van der Waals surface area contributed by atoms with Crippen LogP contribution in [0.2, 0.25) is 0 Å². The van der Waals surface area contributed by atoms with Gasteiger partial charge in [-0.1, -0.05) is 55.5 Å². The van der Waals surface area contributed by atoms with Gasteiger partial charge >= 0.3 is 0 Å². The molecule has 1 aromatic rings. The van der Waals surface area contributed by atoms with E-state index in [9.17, 15) is 0 Å². The third kappa shape index (κ3) is 2.33. The molecule has 2 rings (SSSR count). The highest BCUT2D eigenvalue weighted by Gasteiger charge is 2.02. The minimum Gasteiger partial charge on any atom is -0.0805 e. The van der Waals surface area contributed by atoms with Crippen LogP contribution in [0.1, 0.15) is 31.4 Å². The third-order valence-corrected chi connectivity index (χ3v) is 3.02. The van der Waals surface area contributed by atoms with Gasteiger partial charge in [0, 0.05) is 0 Å². The lowest BCUT2D eigenvalue weighted by molar-refractivity contribution is 1.14. The first-order valence-corrected chi connectivity index (χ1v) is 5.94. The zero-order valence-electron chi connectivity index (χ0n) is 10.0. The summed E-state index contributed by atoms with van der Waals surface area (Å²) < 4.78 is 0. The van der Waals surface area contributed by atoms with Gasteiger partial charge in [0.1, 0.15) is 0 Å². The predicted octanol–water partition coefficient (Wildman–Crippen LogP) is 4.54. The fraction of sp³-hybridized carbons (Fsp3) is 0.250. The molecule has 0 heterocycles. The molecule has 0 amide bonds. The van der Waals surface area contributed by atoms with Crippen LogP contribution in [0.3, 0.4) is 0 Å². The van der Waals surface area contributed by atoms with Crippen LogP contribution in [0.25, 0.3) is 5.57 Å². The van der Waals surface area contributed by atoms with Crippen molar-refractivity contribution in [1.82, 2.24) is 0 Å². The Hall–Kier alpha value is -1.56. The van der Waals surface area contributed by atoms with Crippen LogP contribution in [0.5, 0.6) is 0 Å². The number of allylic oxidation sites excluding steroid dienone is 6. The van der Waals surface area contributed by atoms with Gasteiger partial charge in [0.15, 0.2) is 0 Å². The van der Waals surface area contributed by atoms with E-state index < -0.39 is 0 Å². The molecule has 0 bridgehead atoms. The monoisotopic (exact) mass is 210 g/mol. The summed E-state index contributed by atoms with van der Waals surface area (Å²) >= 11 is 0. The van der Waals surface area contributed by atoms with Crippen molar-refractivity contribution in [3.63, 3.8) is 0 Å². The van der Waals surface area contributed by atoms with Gasteiger partial charge in [-0.05, 0) is 42.0 Å². The maximum Gasteiger partial charge on any atom is -0.0158 e. The molecule has 16 heavy (non-hydrogen) atoms. The molecule has 0 aromatic heterocycles. The summed E-state index contributed by atoms with van der Waals surface area (Å²) in [5.74, 6) is 0. The first-order valence-electron chi connectivity index (χ1n) is 5.94. The van der Waals surface area contributed by atoms with Crippen molar-refractivity contribution in [3.05, 3.63) is 65.3 Å². The summed E-state index contributed by atoms with van der Waals surface area (Å²) in [5.41, 5.74) is 5.40. The molecule has 0 saturated carbocycles. The van der Waals surface area contributed by atoms with Gasteiger partial charge in [0.05, 0.1) is 0 Å². The summed E-state index contributed by atoms with van der Waals surface area (Å²) in [7, 11) is 0. The van der Waals surface area contributed by atoms with Crippen LogP contribution >= 0.6 is 0 Å². The van der Waals surface area contributed by atoms with Crippen LogP contribution in [-0.2, 0) is 6.42 Å².